The number of aryl methyl sites for hydroxylation is 2. The summed E-state index contributed by atoms with van der Waals surface area (Å²) in [6.07, 6.45) is 1.53. The second-order valence-corrected chi connectivity index (χ2v) is 6.73. The Hall–Kier alpha value is -0.630. The molecule has 8 heteroatoms. The molecule has 0 spiro atoms. The van der Waals surface area contributed by atoms with Gasteiger partial charge in [-0.3, -0.25) is 4.68 Å². The summed E-state index contributed by atoms with van der Waals surface area (Å²) in [5, 5.41) is 4.07. The third-order valence-corrected chi connectivity index (χ3v) is 5.01. The van der Waals surface area contributed by atoms with Crippen LogP contribution < -0.4 is 0 Å². The predicted octanol–water partition coefficient (Wildman–Crippen LogP) is 0.907. The molecule has 1 saturated heterocycles. The van der Waals surface area contributed by atoms with Crippen molar-refractivity contribution in [2.75, 3.05) is 13.3 Å². The Labute approximate surface area is 113 Å². The number of aromatic nitrogens is 2. The summed E-state index contributed by atoms with van der Waals surface area (Å²) in [4.78, 5) is 0.249. The molecular formula is C10H18ClN3O3S. The quantitative estimate of drug-likeness (QED) is 0.813. The molecule has 0 radical (unpaired) electrons. The monoisotopic (exact) mass is 295 g/mol. The Bertz CT molecular complexity index is 539. The summed E-state index contributed by atoms with van der Waals surface area (Å²) in [6, 6.07) is 0. The molecule has 104 valence electrons. The third-order valence-electron chi connectivity index (χ3n) is 2.88. The highest BCUT2D eigenvalue weighted by molar-refractivity contribution is 7.89. The summed E-state index contributed by atoms with van der Waals surface area (Å²) < 4.78 is 33.1. The number of sulfonamides is 1. The van der Waals surface area contributed by atoms with Crippen molar-refractivity contribution in [2.24, 2.45) is 7.05 Å². The van der Waals surface area contributed by atoms with Crippen molar-refractivity contribution in [3.05, 3.63) is 11.9 Å². The molecule has 0 amide bonds. The van der Waals surface area contributed by atoms with E-state index in [0.29, 0.717) is 12.3 Å². The summed E-state index contributed by atoms with van der Waals surface area (Å²) in [7, 11) is -1.83. The minimum atomic E-state index is -3.53. The van der Waals surface area contributed by atoms with E-state index in [-0.39, 0.29) is 24.0 Å². The predicted molar refractivity (Wildman–Crippen MR) is 69.1 cm³/mol. The Morgan fingerprint density at radius 1 is 1.44 bits per heavy atom. The summed E-state index contributed by atoms with van der Waals surface area (Å²) in [5.41, 5.74) is -0.00334. The molecule has 1 aliphatic rings. The van der Waals surface area contributed by atoms with Gasteiger partial charge in [0.2, 0.25) is 10.0 Å². The van der Waals surface area contributed by atoms with Gasteiger partial charge in [0.15, 0.2) is 0 Å². The zero-order valence-electron chi connectivity index (χ0n) is 10.9. The second-order valence-electron chi connectivity index (χ2n) is 4.90. The van der Waals surface area contributed by atoms with Gasteiger partial charge in [-0.05, 0) is 20.8 Å². The van der Waals surface area contributed by atoms with Gasteiger partial charge in [0.05, 0.1) is 17.8 Å². The van der Waals surface area contributed by atoms with Crippen LogP contribution in [0, 0.1) is 6.92 Å². The fraction of sp³-hybridized carbons (Fsp3) is 0.700. The first-order chi connectivity index (χ1) is 7.75. The van der Waals surface area contributed by atoms with Crippen molar-refractivity contribution >= 4 is 22.4 Å². The average Bonchev–Trinajstić information content (AvgIpc) is 2.69. The molecule has 6 nitrogen and oxygen atoms in total. The Morgan fingerprint density at radius 2 is 2.06 bits per heavy atom. The smallest absolute Gasteiger partial charge is 0.248 e. The molecule has 0 unspecified atom stereocenters. The van der Waals surface area contributed by atoms with Crippen LogP contribution in [0.15, 0.2) is 11.1 Å². The van der Waals surface area contributed by atoms with E-state index >= 15 is 0 Å². The van der Waals surface area contributed by atoms with Gasteiger partial charge in [-0.1, -0.05) is 0 Å². The zero-order chi connectivity index (χ0) is 12.8. The van der Waals surface area contributed by atoms with Crippen molar-refractivity contribution in [3.63, 3.8) is 0 Å². The van der Waals surface area contributed by atoms with Gasteiger partial charge in [0.25, 0.3) is 0 Å². The molecule has 0 N–H and O–H groups in total. The fourth-order valence-corrected chi connectivity index (χ4v) is 3.82. The molecule has 0 bridgehead atoms. The number of nitrogens with zero attached hydrogens (tertiary/aromatic N) is 3. The first-order valence-electron chi connectivity index (χ1n) is 5.36. The highest BCUT2D eigenvalue weighted by Crippen LogP contribution is 2.30. The van der Waals surface area contributed by atoms with E-state index in [0.717, 1.165) is 0 Å². The van der Waals surface area contributed by atoms with Gasteiger partial charge < -0.3 is 4.74 Å². The first kappa shape index (κ1) is 15.4. The van der Waals surface area contributed by atoms with Gasteiger partial charge in [0.1, 0.15) is 11.6 Å². The van der Waals surface area contributed by atoms with E-state index in [2.05, 4.69) is 5.10 Å². The molecular weight excluding hydrogens is 278 g/mol. The lowest BCUT2D eigenvalue weighted by Gasteiger charge is -2.27. The minimum absolute atomic E-state index is 0. The normalized spacial score (nSPS) is 19.8. The second kappa shape index (κ2) is 4.80. The first-order valence-corrected chi connectivity index (χ1v) is 6.80. The lowest BCUT2D eigenvalue weighted by molar-refractivity contribution is 0.171. The van der Waals surface area contributed by atoms with Crippen LogP contribution in [-0.4, -0.2) is 41.4 Å². The standard InChI is InChI=1S/C10H17N3O3S.ClH/c1-8-9(5-12(4)11-8)17(14,15)13-7-16-6-10(13,2)3;/h5H,6-7H2,1-4H3;1H. The van der Waals surface area contributed by atoms with Crippen LogP contribution >= 0.6 is 12.4 Å². The number of hydrogen-bond donors (Lipinski definition) is 0. The topological polar surface area (TPSA) is 64.4 Å². The number of halogens is 1. The summed E-state index contributed by atoms with van der Waals surface area (Å²) in [6.45, 7) is 5.90. The minimum Gasteiger partial charge on any atom is -0.363 e. The summed E-state index contributed by atoms with van der Waals surface area (Å²) in [5.74, 6) is 0. The summed E-state index contributed by atoms with van der Waals surface area (Å²) >= 11 is 0. The van der Waals surface area contributed by atoms with Crippen LogP contribution in [-0.2, 0) is 21.8 Å². The van der Waals surface area contributed by atoms with Crippen LogP contribution in [0.4, 0.5) is 0 Å². The van der Waals surface area contributed by atoms with Crippen molar-refractivity contribution < 1.29 is 13.2 Å². The molecule has 1 aliphatic heterocycles. The third kappa shape index (κ3) is 2.40. The fourth-order valence-electron chi connectivity index (χ4n) is 1.97. The average molecular weight is 296 g/mol. The van der Waals surface area contributed by atoms with Crippen molar-refractivity contribution in [3.8, 4) is 0 Å². The van der Waals surface area contributed by atoms with Crippen molar-refractivity contribution in [1.82, 2.24) is 14.1 Å². The van der Waals surface area contributed by atoms with Crippen LogP contribution in [0.1, 0.15) is 19.5 Å². The molecule has 18 heavy (non-hydrogen) atoms. The Morgan fingerprint density at radius 3 is 2.44 bits per heavy atom. The molecule has 1 fully saturated rings. The lowest BCUT2D eigenvalue weighted by Crippen LogP contribution is -2.44. The van der Waals surface area contributed by atoms with Gasteiger partial charge >= 0.3 is 0 Å². The van der Waals surface area contributed by atoms with Crippen LogP contribution in [0.3, 0.4) is 0 Å². The van der Waals surface area contributed by atoms with E-state index in [4.69, 9.17) is 4.74 Å². The van der Waals surface area contributed by atoms with Gasteiger partial charge in [-0.25, -0.2) is 8.42 Å². The molecule has 1 aromatic rings. The van der Waals surface area contributed by atoms with Gasteiger partial charge in [-0.15, -0.1) is 12.4 Å². The number of rotatable bonds is 2. The van der Waals surface area contributed by atoms with Crippen LogP contribution in [0.5, 0.6) is 0 Å². The van der Waals surface area contributed by atoms with Gasteiger partial charge in [-0.2, -0.15) is 9.40 Å². The lowest BCUT2D eigenvalue weighted by atomic mass is 10.1. The molecule has 2 heterocycles. The molecule has 0 atom stereocenters. The van der Waals surface area contributed by atoms with E-state index < -0.39 is 15.6 Å². The number of hydrogen-bond acceptors (Lipinski definition) is 4. The number of ether oxygens (including phenoxy) is 1. The van der Waals surface area contributed by atoms with E-state index in [1.165, 1.54) is 15.2 Å². The largest absolute Gasteiger partial charge is 0.363 e. The maximum atomic E-state index is 12.5. The SMILES string of the molecule is Cc1nn(C)cc1S(=O)(=O)N1COCC1(C)C.Cl. The Kier molecular flexibility index (Phi) is 4.12. The maximum absolute atomic E-state index is 12.5. The van der Waals surface area contributed by atoms with Gasteiger partial charge in [0, 0.05) is 13.2 Å². The zero-order valence-corrected chi connectivity index (χ0v) is 12.5. The highest BCUT2D eigenvalue weighted by Gasteiger charge is 2.43. The van der Waals surface area contributed by atoms with Crippen molar-refractivity contribution in [1.29, 1.82) is 0 Å². The molecule has 0 saturated carbocycles. The molecule has 2 rings (SSSR count). The van der Waals surface area contributed by atoms with E-state index in [1.807, 2.05) is 13.8 Å². The maximum Gasteiger partial charge on any atom is 0.248 e. The Balaban J connectivity index is 0.00000162. The molecule has 1 aromatic heterocycles. The van der Waals surface area contributed by atoms with E-state index in [1.54, 1.807) is 14.0 Å². The van der Waals surface area contributed by atoms with Crippen molar-refractivity contribution in [2.45, 2.75) is 31.2 Å². The van der Waals surface area contributed by atoms with Crippen LogP contribution in [0.2, 0.25) is 0 Å². The molecule has 0 aromatic carbocycles. The van der Waals surface area contributed by atoms with E-state index in [9.17, 15) is 8.42 Å². The highest BCUT2D eigenvalue weighted by atomic mass is 35.5. The molecule has 0 aliphatic carbocycles. The van der Waals surface area contributed by atoms with Crippen LogP contribution in [0.25, 0.3) is 0 Å².